The van der Waals surface area contributed by atoms with E-state index in [0.29, 0.717) is 27.8 Å². The molecule has 1 amide bonds. The molecule has 3 rings (SSSR count). The smallest absolute Gasteiger partial charge is 0.276 e. The summed E-state index contributed by atoms with van der Waals surface area (Å²) >= 11 is 5.89. The van der Waals surface area contributed by atoms with Crippen LogP contribution in [0.2, 0.25) is 5.02 Å². The molecule has 0 aliphatic rings. The summed E-state index contributed by atoms with van der Waals surface area (Å²) in [6.07, 6.45) is 0. The maximum atomic E-state index is 12.2. The van der Waals surface area contributed by atoms with Gasteiger partial charge in [0.2, 0.25) is 0 Å². The molecule has 0 aliphatic carbocycles. The summed E-state index contributed by atoms with van der Waals surface area (Å²) in [6, 6.07) is 17.1. The van der Waals surface area contributed by atoms with Gasteiger partial charge >= 0.3 is 0 Å². The van der Waals surface area contributed by atoms with E-state index in [9.17, 15) is 9.59 Å². The molecule has 0 unspecified atom stereocenters. The van der Waals surface area contributed by atoms with Crippen LogP contribution in [0, 0.1) is 0 Å². The molecule has 0 saturated carbocycles. The van der Waals surface area contributed by atoms with E-state index >= 15 is 0 Å². The molecular formula is C19H15ClN4O2. The summed E-state index contributed by atoms with van der Waals surface area (Å²) < 4.78 is 0. The van der Waals surface area contributed by atoms with Gasteiger partial charge in [-0.25, -0.2) is 0 Å². The highest BCUT2D eigenvalue weighted by molar-refractivity contribution is 6.30. The first kappa shape index (κ1) is 17.6. The van der Waals surface area contributed by atoms with Crippen LogP contribution in [-0.2, 0) is 0 Å². The predicted octanol–water partition coefficient (Wildman–Crippen LogP) is 4.33. The number of anilines is 3. The second kappa shape index (κ2) is 7.76. The Morgan fingerprint density at radius 2 is 1.69 bits per heavy atom. The van der Waals surface area contributed by atoms with Gasteiger partial charge in [-0.2, -0.15) is 0 Å². The van der Waals surface area contributed by atoms with Crippen LogP contribution in [0.1, 0.15) is 27.8 Å². The fourth-order valence-electron chi connectivity index (χ4n) is 2.25. The minimum Gasteiger partial charge on any atom is -0.339 e. The van der Waals surface area contributed by atoms with Crippen LogP contribution in [-0.4, -0.2) is 21.9 Å². The van der Waals surface area contributed by atoms with Crippen molar-refractivity contribution in [1.82, 2.24) is 10.2 Å². The highest BCUT2D eigenvalue weighted by atomic mass is 35.5. The molecule has 2 aromatic carbocycles. The van der Waals surface area contributed by atoms with Crippen molar-refractivity contribution in [3.8, 4) is 0 Å². The van der Waals surface area contributed by atoms with Gasteiger partial charge in [0.1, 0.15) is 0 Å². The number of nitrogens with zero attached hydrogens (tertiary/aromatic N) is 2. The van der Waals surface area contributed by atoms with Gasteiger partial charge in [0.15, 0.2) is 17.3 Å². The average Bonchev–Trinajstić information content (AvgIpc) is 2.62. The van der Waals surface area contributed by atoms with Gasteiger partial charge in [-0.05, 0) is 49.4 Å². The van der Waals surface area contributed by atoms with E-state index in [-0.39, 0.29) is 17.4 Å². The molecule has 0 fully saturated rings. The molecule has 1 heterocycles. The number of carbonyl (C=O) groups excluding carboxylic acids is 2. The van der Waals surface area contributed by atoms with Crippen molar-refractivity contribution in [3.05, 3.63) is 76.9 Å². The van der Waals surface area contributed by atoms with Gasteiger partial charge in [-0.1, -0.05) is 29.8 Å². The van der Waals surface area contributed by atoms with E-state index in [1.165, 1.54) is 6.92 Å². The predicted molar refractivity (Wildman–Crippen MR) is 101 cm³/mol. The number of carbonyl (C=O) groups is 2. The number of hydrogen-bond donors (Lipinski definition) is 2. The normalized spacial score (nSPS) is 10.2. The third kappa shape index (κ3) is 4.43. The number of ketones is 1. The van der Waals surface area contributed by atoms with Crippen LogP contribution in [0.4, 0.5) is 17.2 Å². The SMILES string of the molecule is CC(=O)c1cccc(Nc2ccc(C(=O)Nc3cccc(Cl)c3)nn2)c1. The van der Waals surface area contributed by atoms with E-state index in [1.54, 1.807) is 54.6 Å². The van der Waals surface area contributed by atoms with Crippen LogP contribution >= 0.6 is 11.6 Å². The van der Waals surface area contributed by atoms with Crippen LogP contribution in [0.25, 0.3) is 0 Å². The summed E-state index contributed by atoms with van der Waals surface area (Å²) in [5, 5.41) is 14.2. The monoisotopic (exact) mass is 366 g/mol. The summed E-state index contributed by atoms with van der Waals surface area (Å²) in [5.74, 6) is 0.0580. The first-order valence-electron chi connectivity index (χ1n) is 7.80. The number of nitrogens with one attached hydrogen (secondary N) is 2. The van der Waals surface area contributed by atoms with Crippen molar-refractivity contribution < 1.29 is 9.59 Å². The first-order valence-corrected chi connectivity index (χ1v) is 8.18. The van der Waals surface area contributed by atoms with Gasteiger partial charge in [0.25, 0.3) is 5.91 Å². The molecule has 6 nitrogen and oxygen atoms in total. The third-order valence-corrected chi connectivity index (χ3v) is 3.76. The second-order valence-corrected chi connectivity index (χ2v) is 5.97. The zero-order valence-corrected chi connectivity index (χ0v) is 14.6. The Hall–Kier alpha value is -3.25. The molecule has 0 atom stereocenters. The molecule has 0 bridgehead atoms. The van der Waals surface area contributed by atoms with Crippen molar-refractivity contribution >= 4 is 40.5 Å². The van der Waals surface area contributed by atoms with Crippen LogP contribution < -0.4 is 10.6 Å². The Morgan fingerprint density at radius 3 is 2.38 bits per heavy atom. The number of amides is 1. The third-order valence-electron chi connectivity index (χ3n) is 3.52. The van der Waals surface area contributed by atoms with E-state index in [1.807, 2.05) is 6.07 Å². The number of hydrogen-bond acceptors (Lipinski definition) is 5. The van der Waals surface area contributed by atoms with Crippen molar-refractivity contribution in [2.75, 3.05) is 10.6 Å². The Bertz CT molecular complexity index is 958. The first-order chi connectivity index (χ1) is 12.5. The van der Waals surface area contributed by atoms with Gasteiger partial charge in [-0.15, -0.1) is 10.2 Å². The topological polar surface area (TPSA) is 84.0 Å². The lowest BCUT2D eigenvalue weighted by Gasteiger charge is -2.07. The van der Waals surface area contributed by atoms with Crippen molar-refractivity contribution in [2.45, 2.75) is 6.92 Å². The van der Waals surface area contributed by atoms with E-state index in [0.717, 1.165) is 0 Å². The Balaban J connectivity index is 1.69. The number of aromatic nitrogens is 2. The summed E-state index contributed by atoms with van der Waals surface area (Å²) in [5.41, 5.74) is 2.06. The second-order valence-electron chi connectivity index (χ2n) is 5.53. The van der Waals surface area contributed by atoms with Crippen LogP contribution in [0.15, 0.2) is 60.7 Å². The molecule has 0 saturated heterocycles. The Morgan fingerprint density at radius 1 is 0.923 bits per heavy atom. The number of halogens is 1. The largest absolute Gasteiger partial charge is 0.339 e. The van der Waals surface area contributed by atoms with Crippen molar-refractivity contribution in [3.63, 3.8) is 0 Å². The van der Waals surface area contributed by atoms with E-state index in [2.05, 4.69) is 20.8 Å². The van der Waals surface area contributed by atoms with Crippen molar-refractivity contribution in [1.29, 1.82) is 0 Å². The highest BCUT2D eigenvalue weighted by Gasteiger charge is 2.09. The van der Waals surface area contributed by atoms with Crippen molar-refractivity contribution in [2.24, 2.45) is 0 Å². The molecule has 0 radical (unpaired) electrons. The zero-order chi connectivity index (χ0) is 18.5. The highest BCUT2D eigenvalue weighted by Crippen LogP contribution is 2.17. The molecule has 0 aliphatic heterocycles. The zero-order valence-electron chi connectivity index (χ0n) is 13.9. The maximum Gasteiger partial charge on any atom is 0.276 e. The fraction of sp³-hybridized carbons (Fsp3) is 0.0526. The molecule has 2 N–H and O–H groups in total. The van der Waals surface area contributed by atoms with Crippen LogP contribution in [0.5, 0.6) is 0 Å². The molecule has 130 valence electrons. The lowest BCUT2D eigenvalue weighted by molar-refractivity contribution is 0.101. The summed E-state index contributed by atoms with van der Waals surface area (Å²) in [4.78, 5) is 23.6. The lowest BCUT2D eigenvalue weighted by Crippen LogP contribution is -2.14. The van der Waals surface area contributed by atoms with Gasteiger partial charge in [-0.3, -0.25) is 9.59 Å². The number of rotatable bonds is 5. The quantitative estimate of drug-likeness (QED) is 0.656. The minimum atomic E-state index is -0.384. The molecule has 7 heteroatoms. The standard InChI is InChI=1S/C19H15ClN4O2/c1-12(25)13-4-2-6-15(10-13)21-18-9-8-17(23-24-18)19(26)22-16-7-3-5-14(20)11-16/h2-11H,1H3,(H,21,24)(H,22,26). The maximum absolute atomic E-state index is 12.2. The summed E-state index contributed by atoms with van der Waals surface area (Å²) in [7, 11) is 0. The number of Topliss-reactive ketones (excluding diaryl/α,β-unsaturated/α-hetero) is 1. The van der Waals surface area contributed by atoms with E-state index < -0.39 is 0 Å². The van der Waals surface area contributed by atoms with Gasteiger partial charge in [0, 0.05) is 22.0 Å². The van der Waals surface area contributed by atoms with Crippen LogP contribution in [0.3, 0.4) is 0 Å². The van der Waals surface area contributed by atoms with Gasteiger partial charge in [0.05, 0.1) is 0 Å². The average molecular weight is 367 g/mol. The molecule has 3 aromatic rings. The molecule has 0 spiro atoms. The fourth-order valence-corrected chi connectivity index (χ4v) is 2.44. The number of benzene rings is 2. The Labute approximate surface area is 155 Å². The summed E-state index contributed by atoms with van der Waals surface area (Å²) in [6.45, 7) is 1.51. The molecular weight excluding hydrogens is 352 g/mol. The molecule has 26 heavy (non-hydrogen) atoms. The van der Waals surface area contributed by atoms with E-state index in [4.69, 9.17) is 11.6 Å². The lowest BCUT2D eigenvalue weighted by atomic mass is 10.1. The molecule has 1 aromatic heterocycles. The Kier molecular flexibility index (Phi) is 5.24. The van der Waals surface area contributed by atoms with Gasteiger partial charge < -0.3 is 10.6 Å². The minimum absolute atomic E-state index is 0.0206.